The minimum atomic E-state index is -3.72. The number of benzene rings is 1. The maximum absolute atomic E-state index is 14.7. The Bertz CT molecular complexity index is 1630. The van der Waals surface area contributed by atoms with Crippen molar-refractivity contribution in [2.24, 2.45) is 7.05 Å². The van der Waals surface area contributed by atoms with Gasteiger partial charge in [-0.25, -0.2) is 9.67 Å². The van der Waals surface area contributed by atoms with Gasteiger partial charge in [-0.05, 0) is 56.5 Å². The zero-order valence-electron chi connectivity index (χ0n) is 22.6. The van der Waals surface area contributed by atoms with Gasteiger partial charge >= 0.3 is 6.11 Å². The van der Waals surface area contributed by atoms with E-state index in [-0.39, 0.29) is 11.7 Å². The molecule has 13 heteroatoms. The molecule has 0 aliphatic carbocycles. The molecule has 0 fully saturated rings. The quantitative estimate of drug-likeness (QED) is 0.347. The topological polar surface area (TPSA) is 125 Å². The number of anilines is 1. The molecular formula is C28H29F2N7O4. The number of nitrogens with zero attached hydrogens (tertiary/aromatic N) is 5. The molecule has 2 amide bonds. The lowest BCUT2D eigenvalue weighted by atomic mass is 10.1. The molecule has 2 bridgehead atoms. The van der Waals surface area contributed by atoms with Crippen molar-refractivity contribution in [2.75, 3.05) is 18.5 Å². The molecule has 4 aromatic rings. The van der Waals surface area contributed by atoms with E-state index in [0.29, 0.717) is 59.0 Å². The van der Waals surface area contributed by atoms with Crippen LogP contribution in [-0.4, -0.2) is 55.4 Å². The van der Waals surface area contributed by atoms with Gasteiger partial charge in [0.1, 0.15) is 12.1 Å². The number of aryl methyl sites for hydroxylation is 3. The lowest BCUT2D eigenvalue weighted by molar-refractivity contribution is -0.172. The van der Waals surface area contributed by atoms with Crippen molar-refractivity contribution in [3.8, 4) is 22.9 Å². The van der Waals surface area contributed by atoms with Gasteiger partial charge in [0.2, 0.25) is 17.7 Å². The molecule has 1 aliphatic rings. The second kappa shape index (κ2) is 11.4. The fraction of sp³-hybridized carbons (Fsp3) is 0.321. The summed E-state index contributed by atoms with van der Waals surface area (Å²) in [4.78, 5) is 34.0. The number of para-hydroxylation sites is 1. The van der Waals surface area contributed by atoms with Crippen LogP contribution in [0.3, 0.4) is 0 Å². The predicted molar refractivity (Wildman–Crippen MR) is 147 cm³/mol. The summed E-state index contributed by atoms with van der Waals surface area (Å²) < 4.78 is 43.8. The predicted octanol–water partition coefficient (Wildman–Crippen LogP) is 4.23. The molecule has 0 saturated heterocycles. The van der Waals surface area contributed by atoms with E-state index in [0.717, 1.165) is 18.9 Å². The highest BCUT2D eigenvalue weighted by Crippen LogP contribution is 2.34. The van der Waals surface area contributed by atoms with Crippen molar-refractivity contribution in [1.82, 2.24) is 29.6 Å². The van der Waals surface area contributed by atoms with E-state index in [1.165, 1.54) is 12.1 Å². The Morgan fingerprint density at radius 3 is 2.90 bits per heavy atom. The third-order valence-corrected chi connectivity index (χ3v) is 6.51. The van der Waals surface area contributed by atoms with Gasteiger partial charge < -0.3 is 19.4 Å². The number of halogens is 2. The molecular weight excluding hydrogens is 536 g/mol. The maximum atomic E-state index is 14.7. The molecule has 11 nitrogen and oxygen atoms in total. The van der Waals surface area contributed by atoms with Crippen LogP contribution >= 0.6 is 0 Å². The minimum Gasteiger partial charge on any atom is -0.477 e. The zero-order chi connectivity index (χ0) is 29.1. The van der Waals surface area contributed by atoms with Gasteiger partial charge in [-0.2, -0.15) is 13.9 Å². The second-order valence-corrected chi connectivity index (χ2v) is 9.60. The Kier molecular flexibility index (Phi) is 7.68. The van der Waals surface area contributed by atoms with Gasteiger partial charge in [-0.3, -0.25) is 19.9 Å². The van der Waals surface area contributed by atoms with Crippen molar-refractivity contribution < 1.29 is 27.8 Å². The van der Waals surface area contributed by atoms with Gasteiger partial charge in [0, 0.05) is 24.8 Å². The average Bonchev–Trinajstić information content (AvgIpc) is 3.48. The van der Waals surface area contributed by atoms with Crippen LogP contribution in [0.2, 0.25) is 0 Å². The maximum Gasteiger partial charge on any atom is 0.415 e. The molecule has 41 heavy (non-hydrogen) atoms. The van der Waals surface area contributed by atoms with E-state index in [2.05, 4.69) is 27.0 Å². The first kappa shape index (κ1) is 27.7. The Labute approximate surface area is 234 Å². The number of carbonyl (C=O) groups excluding carboxylic acids is 2. The van der Waals surface area contributed by atoms with Crippen molar-refractivity contribution in [3.63, 3.8) is 0 Å². The Morgan fingerprint density at radius 2 is 2.10 bits per heavy atom. The van der Waals surface area contributed by atoms with Crippen LogP contribution in [0.25, 0.3) is 22.3 Å². The zero-order valence-corrected chi connectivity index (χ0v) is 22.6. The highest BCUT2D eigenvalue weighted by Gasteiger charge is 2.33. The molecule has 1 aromatic carbocycles. The SMILES string of the molecule is C=CC(=O)NCC(F)(F)Oc1cccc2nc3n(c12)CCCCCOc1c(cnn1C)-c1cc(cc(C)n1)C(=O)N3. The number of pyridine rings is 1. The van der Waals surface area contributed by atoms with Crippen LogP contribution in [-0.2, 0) is 18.4 Å². The number of aromatic nitrogens is 5. The largest absolute Gasteiger partial charge is 0.477 e. The Hall–Kier alpha value is -4.81. The van der Waals surface area contributed by atoms with Crippen LogP contribution in [0.5, 0.6) is 11.6 Å². The monoisotopic (exact) mass is 565 g/mol. The smallest absolute Gasteiger partial charge is 0.415 e. The van der Waals surface area contributed by atoms with E-state index in [4.69, 9.17) is 9.47 Å². The molecule has 214 valence electrons. The van der Waals surface area contributed by atoms with Gasteiger partial charge in [0.05, 0.1) is 29.6 Å². The van der Waals surface area contributed by atoms with E-state index >= 15 is 0 Å². The molecule has 0 unspecified atom stereocenters. The normalized spacial score (nSPS) is 14.1. The van der Waals surface area contributed by atoms with Gasteiger partial charge in [-0.1, -0.05) is 12.6 Å². The van der Waals surface area contributed by atoms with Crippen molar-refractivity contribution in [2.45, 2.75) is 38.8 Å². The highest BCUT2D eigenvalue weighted by atomic mass is 19.3. The number of nitrogens with one attached hydrogen (secondary N) is 2. The van der Waals surface area contributed by atoms with Crippen molar-refractivity contribution >= 4 is 28.8 Å². The van der Waals surface area contributed by atoms with Crippen LogP contribution in [0.4, 0.5) is 14.7 Å². The molecule has 0 saturated carbocycles. The highest BCUT2D eigenvalue weighted by molar-refractivity contribution is 6.05. The lowest BCUT2D eigenvalue weighted by Gasteiger charge is -2.19. The summed E-state index contributed by atoms with van der Waals surface area (Å²) in [5.74, 6) is -0.596. The number of rotatable bonds is 5. The van der Waals surface area contributed by atoms with Crippen LogP contribution < -0.4 is 20.1 Å². The second-order valence-electron chi connectivity index (χ2n) is 9.60. The Morgan fingerprint density at radius 1 is 1.27 bits per heavy atom. The third-order valence-electron chi connectivity index (χ3n) is 6.51. The average molecular weight is 566 g/mol. The number of alkyl halides is 2. The summed E-state index contributed by atoms with van der Waals surface area (Å²) >= 11 is 0. The number of hydrogen-bond acceptors (Lipinski definition) is 7. The van der Waals surface area contributed by atoms with Gasteiger partial charge in [0.25, 0.3) is 5.91 Å². The molecule has 4 heterocycles. The number of carbonyl (C=O) groups is 2. The molecule has 3 aromatic heterocycles. The molecule has 0 radical (unpaired) electrons. The number of ether oxygens (including phenoxy) is 2. The van der Waals surface area contributed by atoms with E-state index < -0.39 is 24.5 Å². The fourth-order valence-corrected chi connectivity index (χ4v) is 4.61. The van der Waals surface area contributed by atoms with Crippen LogP contribution in [0.15, 0.2) is 49.2 Å². The van der Waals surface area contributed by atoms with Gasteiger partial charge in [0.15, 0.2) is 5.75 Å². The van der Waals surface area contributed by atoms with E-state index in [9.17, 15) is 18.4 Å². The molecule has 2 N–H and O–H groups in total. The lowest BCUT2D eigenvalue weighted by Crippen LogP contribution is -2.40. The van der Waals surface area contributed by atoms with Crippen molar-refractivity contribution in [3.05, 3.63) is 60.4 Å². The van der Waals surface area contributed by atoms with E-state index in [1.54, 1.807) is 47.6 Å². The summed E-state index contributed by atoms with van der Waals surface area (Å²) in [6, 6.07) is 7.87. The van der Waals surface area contributed by atoms with E-state index in [1.807, 2.05) is 5.32 Å². The molecule has 1 aliphatic heterocycles. The molecule has 0 spiro atoms. The molecule has 5 rings (SSSR count). The first-order chi connectivity index (χ1) is 19.6. The number of amides is 2. The summed E-state index contributed by atoms with van der Waals surface area (Å²) in [7, 11) is 1.77. The number of hydrogen-bond donors (Lipinski definition) is 2. The number of fused-ring (bicyclic) bond motifs is 7. The van der Waals surface area contributed by atoms with Gasteiger partial charge in [-0.15, -0.1) is 0 Å². The number of imidazole rings is 1. The molecule has 0 atom stereocenters. The standard InChI is InChI=1S/C28H29F2N7O4/c1-4-23(38)31-16-28(29,30)41-22-10-8-9-20-24(22)37-11-6-5-7-12-40-26-19(15-32-36(26)3)21-14-18(13-17(2)33-21)25(39)35-27(37)34-20/h4,8-10,13-15H,1,5-7,11-12,16H2,2-3H3,(H,31,38)(H,34,35,39). The third kappa shape index (κ3) is 6.03. The summed E-state index contributed by atoms with van der Waals surface area (Å²) in [6.07, 6.45) is 0.942. The minimum absolute atomic E-state index is 0.139. The summed E-state index contributed by atoms with van der Waals surface area (Å²) in [5.41, 5.74) is 2.80. The Balaban J connectivity index is 1.53. The van der Waals surface area contributed by atoms with Crippen molar-refractivity contribution in [1.29, 1.82) is 0 Å². The fourth-order valence-electron chi connectivity index (χ4n) is 4.61. The summed E-state index contributed by atoms with van der Waals surface area (Å²) in [6.45, 7) is 4.78. The van der Waals surface area contributed by atoms with Crippen LogP contribution in [0.1, 0.15) is 35.3 Å². The van der Waals surface area contributed by atoms with Crippen LogP contribution in [0, 0.1) is 6.92 Å². The summed E-state index contributed by atoms with van der Waals surface area (Å²) in [5, 5.41) is 9.19. The first-order valence-electron chi connectivity index (χ1n) is 13.1. The first-order valence-corrected chi connectivity index (χ1v) is 13.1.